The van der Waals surface area contributed by atoms with Crippen molar-refractivity contribution in [2.75, 3.05) is 13.1 Å². The van der Waals surface area contributed by atoms with Gasteiger partial charge in [0.25, 0.3) is 0 Å². The van der Waals surface area contributed by atoms with Crippen LogP contribution in [-0.2, 0) is 6.42 Å². The molecular formula is C15H23IN4. The van der Waals surface area contributed by atoms with Crippen molar-refractivity contribution in [3.8, 4) is 0 Å². The lowest BCUT2D eigenvalue weighted by Crippen LogP contribution is -2.33. The fourth-order valence-electron chi connectivity index (χ4n) is 2.26. The number of hydrogen-bond acceptors (Lipinski definition) is 1. The summed E-state index contributed by atoms with van der Waals surface area (Å²) in [6.07, 6.45) is 1.96. The third-order valence-electron chi connectivity index (χ3n) is 3.21. The Kier molecular flexibility index (Phi) is 6.84. The number of nitrogens with two attached hydrogens (primary N) is 1. The average molecular weight is 386 g/mol. The Morgan fingerprint density at radius 3 is 2.85 bits per heavy atom. The van der Waals surface area contributed by atoms with Gasteiger partial charge in [0.15, 0.2) is 5.96 Å². The van der Waals surface area contributed by atoms with Crippen LogP contribution in [0.5, 0.6) is 0 Å². The molecule has 20 heavy (non-hydrogen) atoms. The Bertz CT molecular complexity index is 574. The smallest absolute Gasteiger partial charge is 0.188 e. The lowest BCUT2D eigenvalue weighted by Gasteiger charge is -2.06. The number of aromatic amines is 1. The maximum atomic E-state index is 5.78. The van der Waals surface area contributed by atoms with Crippen LogP contribution in [0.1, 0.15) is 24.6 Å². The van der Waals surface area contributed by atoms with E-state index in [-0.39, 0.29) is 24.0 Å². The molecule has 0 saturated heterocycles. The van der Waals surface area contributed by atoms with Gasteiger partial charge in [-0.25, -0.2) is 0 Å². The molecule has 4 N–H and O–H groups in total. The first-order valence-corrected chi connectivity index (χ1v) is 6.82. The molecule has 0 aliphatic heterocycles. The van der Waals surface area contributed by atoms with E-state index in [0.29, 0.717) is 5.96 Å². The quantitative estimate of drug-likeness (QED) is 0.420. The molecule has 2 aromatic rings. The predicted octanol–water partition coefficient (Wildman–Crippen LogP) is 2.95. The Labute approximate surface area is 137 Å². The summed E-state index contributed by atoms with van der Waals surface area (Å²) < 4.78 is 0. The van der Waals surface area contributed by atoms with Crippen molar-refractivity contribution in [1.82, 2.24) is 10.3 Å². The molecule has 0 amide bonds. The van der Waals surface area contributed by atoms with Gasteiger partial charge < -0.3 is 16.0 Å². The summed E-state index contributed by atoms with van der Waals surface area (Å²) in [5.74, 6) is 0.541. The Hall–Kier alpha value is -1.24. The van der Waals surface area contributed by atoms with Crippen molar-refractivity contribution in [3.05, 3.63) is 35.5 Å². The van der Waals surface area contributed by atoms with E-state index in [1.54, 1.807) is 0 Å². The van der Waals surface area contributed by atoms with Gasteiger partial charge in [0.2, 0.25) is 0 Å². The Balaban J connectivity index is 0.00000200. The third-order valence-corrected chi connectivity index (χ3v) is 3.21. The Morgan fingerprint density at radius 2 is 2.10 bits per heavy atom. The highest BCUT2D eigenvalue weighted by atomic mass is 127. The predicted molar refractivity (Wildman–Crippen MR) is 96.9 cm³/mol. The van der Waals surface area contributed by atoms with E-state index < -0.39 is 0 Å². The Morgan fingerprint density at radius 1 is 1.35 bits per heavy atom. The molecule has 2 rings (SSSR count). The highest BCUT2D eigenvalue weighted by Gasteiger charge is 2.07. The molecule has 0 spiro atoms. The molecule has 0 bridgehead atoms. The van der Waals surface area contributed by atoms with Crippen LogP contribution < -0.4 is 11.1 Å². The maximum absolute atomic E-state index is 5.78. The van der Waals surface area contributed by atoms with Gasteiger partial charge in [0, 0.05) is 29.7 Å². The monoisotopic (exact) mass is 386 g/mol. The number of aromatic nitrogens is 1. The normalized spacial score (nSPS) is 11.4. The highest BCUT2D eigenvalue weighted by Crippen LogP contribution is 2.21. The SMILES string of the molecule is CCCN=C(N)NCCc1c(C)[nH]c2ccccc12.I. The number of nitrogens with zero attached hydrogens (tertiary/aromatic N) is 1. The molecule has 1 heterocycles. The van der Waals surface area contributed by atoms with Gasteiger partial charge in [0.1, 0.15) is 0 Å². The number of nitrogens with one attached hydrogen (secondary N) is 2. The summed E-state index contributed by atoms with van der Waals surface area (Å²) in [7, 11) is 0. The summed E-state index contributed by atoms with van der Waals surface area (Å²) >= 11 is 0. The molecule has 0 aliphatic rings. The van der Waals surface area contributed by atoms with Crippen LogP contribution in [0.25, 0.3) is 10.9 Å². The summed E-state index contributed by atoms with van der Waals surface area (Å²) in [5.41, 5.74) is 9.56. The topological polar surface area (TPSA) is 66.2 Å². The number of guanidine groups is 1. The van der Waals surface area contributed by atoms with Gasteiger partial charge in [-0.3, -0.25) is 4.99 Å². The molecule has 5 heteroatoms. The molecule has 0 fully saturated rings. The summed E-state index contributed by atoms with van der Waals surface area (Å²) in [6, 6.07) is 8.39. The van der Waals surface area contributed by atoms with E-state index in [1.165, 1.54) is 22.2 Å². The molecule has 4 nitrogen and oxygen atoms in total. The van der Waals surface area contributed by atoms with Crippen LogP contribution in [0.15, 0.2) is 29.3 Å². The number of benzene rings is 1. The van der Waals surface area contributed by atoms with Crippen LogP contribution in [-0.4, -0.2) is 24.0 Å². The van der Waals surface area contributed by atoms with Gasteiger partial charge in [-0.15, -0.1) is 24.0 Å². The number of H-pyrrole nitrogens is 1. The van der Waals surface area contributed by atoms with Crippen LogP contribution >= 0.6 is 24.0 Å². The van der Waals surface area contributed by atoms with Gasteiger partial charge in [-0.2, -0.15) is 0 Å². The molecule has 0 saturated carbocycles. The van der Waals surface area contributed by atoms with E-state index in [0.717, 1.165) is 25.9 Å². The van der Waals surface area contributed by atoms with E-state index >= 15 is 0 Å². The minimum absolute atomic E-state index is 0. The number of aryl methyl sites for hydroxylation is 1. The first-order chi connectivity index (χ1) is 9.22. The minimum Gasteiger partial charge on any atom is -0.370 e. The summed E-state index contributed by atoms with van der Waals surface area (Å²) in [4.78, 5) is 7.63. The second kappa shape index (κ2) is 8.14. The zero-order valence-corrected chi connectivity index (χ0v) is 14.4. The molecule has 0 unspecified atom stereocenters. The van der Waals surface area contributed by atoms with Crippen molar-refractivity contribution in [2.24, 2.45) is 10.7 Å². The van der Waals surface area contributed by atoms with Gasteiger partial charge in [0.05, 0.1) is 0 Å². The molecule has 0 atom stereocenters. The maximum Gasteiger partial charge on any atom is 0.188 e. The van der Waals surface area contributed by atoms with Crippen LogP contribution in [0.2, 0.25) is 0 Å². The third kappa shape index (κ3) is 4.13. The lowest BCUT2D eigenvalue weighted by molar-refractivity contribution is 0.838. The van der Waals surface area contributed by atoms with E-state index in [1.807, 2.05) is 0 Å². The van der Waals surface area contributed by atoms with E-state index in [9.17, 15) is 0 Å². The average Bonchev–Trinajstić information content (AvgIpc) is 2.73. The lowest BCUT2D eigenvalue weighted by atomic mass is 10.1. The van der Waals surface area contributed by atoms with Gasteiger partial charge in [-0.05, 0) is 31.4 Å². The summed E-state index contributed by atoms with van der Waals surface area (Å²) in [6.45, 7) is 5.79. The zero-order valence-electron chi connectivity index (χ0n) is 12.1. The van der Waals surface area contributed by atoms with Gasteiger partial charge >= 0.3 is 0 Å². The molecule has 1 aromatic carbocycles. The van der Waals surface area contributed by atoms with Crippen molar-refractivity contribution >= 4 is 40.8 Å². The van der Waals surface area contributed by atoms with Crippen molar-refractivity contribution < 1.29 is 0 Å². The number of aliphatic imine (C=N–C) groups is 1. The van der Waals surface area contributed by atoms with Crippen LogP contribution in [0, 0.1) is 6.92 Å². The first-order valence-electron chi connectivity index (χ1n) is 6.82. The van der Waals surface area contributed by atoms with Gasteiger partial charge in [-0.1, -0.05) is 25.1 Å². The number of fused-ring (bicyclic) bond motifs is 1. The van der Waals surface area contributed by atoms with Crippen LogP contribution in [0.3, 0.4) is 0 Å². The number of halogens is 1. The molecular weight excluding hydrogens is 363 g/mol. The first kappa shape index (κ1) is 16.8. The second-order valence-corrected chi connectivity index (χ2v) is 4.72. The van der Waals surface area contributed by atoms with Crippen LogP contribution in [0.4, 0.5) is 0 Å². The second-order valence-electron chi connectivity index (χ2n) is 4.72. The molecule has 1 aromatic heterocycles. The van der Waals surface area contributed by atoms with Crippen molar-refractivity contribution in [2.45, 2.75) is 26.7 Å². The zero-order chi connectivity index (χ0) is 13.7. The largest absolute Gasteiger partial charge is 0.370 e. The molecule has 110 valence electrons. The fourth-order valence-corrected chi connectivity index (χ4v) is 2.26. The van der Waals surface area contributed by atoms with E-state index in [4.69, 9.17) is 5.73 Å². The van der Waals surface area contributed by atoms with Crippen molar-refractivity contribution in [3.63, 3.8) is 0 Å². The van der Waals surface area contributed by atoms with Crippen molar-refractivity contribution in [1.29, 1.82) is 0 Å². The fraction of sp³-hybridized carbons (Fsp3) is 0.400. The number of rotatable bonds is 5. The molecule has 0 radical (unpaired) electrons. The number of para-hydroxylation sites is 1. The highest BCUT2D eigenvalue weighted by molar-refractivity contribution is 14.0. The summed E-state index contributed by atoms with van der Waals surface area (Å²) in [5, 5.41) is 4.46. The number of hydrogen-bond donors (Lipinski definition) is 3. The molecule has 0 aliphatic carbocycles. The minimum atomic E-state index is 0. The standard InChI is InChI=1S/C15H22N4.HI/c1-3-9-17-15(16)18-10-8-12-11(2)19-14-7-5-4-6-13(12)14;/h4-7,19H,3,8-10H2,1-2H3,(H3,16,17,18);1H. The van der Waals surface area contributed by atoms with E-state index in [2.05, 4.69) is 53.4 Å².